The van der Waals surface area contributed by atoms with Gasteiger partial charge in [0.15, 0.2) is 6.61 Å². The Morgan fingerprint density at radius 1 is 1.12 bits per heavy atom. The summed E-state index contributed by atoms with van der Waals surface area (Å²) in [5.74, 6) is -1.55. The summed E-state index contributed by atoms with van der Waals surface area (Å²) in [5.41, 5.74) is 1.31. The van der Waals surface area contributed by atoms with E-state index in [1.165, 1.54) is 18.2 Å². The first-order chi connectivity index (χ1) is 12.0. The summed E-state index contributed by atoms with van der Waals surface area (Å²) >= 11 is 5.80. The highest BCUT2D eigenvalue weighted by Crippen LogP contribution is 2.09. The van der Waals surface area contributed by atoms with Crippen LogP contribution in [0.15, 0.2) is 54.6 Å². The molecule has 4 nitrogen and oxygen atoms in total. The monoisotopic (exact) mass is 361 g/mol. The summed E-state index contributed by atoms with van der Waals surface area (Å²) in [4.78, 5) is 23.2. The molecule has 0 bridgehead atoms. The third-order valence-electron chi connectivity index (χ3n) is 3.30. The minimum atomic E-state index is -0.712. The number of benzene rings is 2. The maximum Gasteiger partial charge on any atom is 0.331 e. The Morgan fingerprint density at radius 3 is 2.56 bits per heavy atom. The van der Waals surface area contributed by atoms with Crippen molar-refractivity contribution in [1.29, 1.82) is 0 Å². The van der Waals surface area contributed by atoms with Gasteiger partial charge in [0.2, 0.25) is 0 Å². The summed E-state index contributed by atoms with van der Waals surface area (Å²) < 4.78 is 18.2. The van der Waals surface area contributed by atoms with E-state index in [2.05, 4.69) is 5.32 Å². The summed E-state index contributed by atoms with van der Waals surface area (Å²) in [6.07, 6.45) is 3.03. The minimum absolute atomic E-state index is 0.270. The van der Waals surface area contributed by atoms with E-state index in [1.807, 2.05) is 12.1 Å². The molecule has 0 saturated heterocycles. The Morgan fingerprint density at radius 2 is 1.84 bits per heavy atom. The second kappa shape index (κ2) is 9.59. The molecular weight excluding hydrogens is 345 g/mol. The van der Waals surface area contributed by atoms with Crippen molar-refractivity contribution < 1.29 is 18.7 Å². The van der Waals surface area contributed by atoms with Gasteiger partial charge in [-0.1, -0.05) is 41.9 Å². The van der Waals surface area contributed by atoms with Crippen LogP contribution in [-0.2, 0) is 20.7 Å². The number of carbonyl (C=O) groups excluding carboxylic acids is 2. The number of hydrogen-bond donors (Lipinski definition) is 1. The van der Waals surface area contributed by atoms with Crippen molar-refractivity contribution in [2.45, 2.75) is 6.42 Å². The highest BCUT2D eigenvalue weighted by molar-refractivity contribution is 6.30. The Labute approximate surface area is 150 Å². The minimum Gasteiger partial charge on any atom is -0.452 e. The lowest BCUT2D eigenvalue weighted by Crippen LogP contribution is -2.30. The Bertz CT molecular complexity index is 760. The average molecular weight is 362 g/mol. The van der Waals surface area contributed by atoms with Crippen LogP contribution < -0.4 is 5.32 Å². The SMILES string of the molecule is O=C(COC(=O)/C=C/c1ccccc1F)NCCc1ccc(Cl)cc1. The first-order valence-electron chi connectivity index (χ1n) is 7.65. The van der Waals surface area contributed by atoms with Gasteiger partial charge in [-0.2, -0.15) is 0 Å². The molecule has 0 spiro atoms. The van der Waals surface area contributed by atoms with Gasteiger partial charge >= 0.3 is 5.97 Å². The Balaban J connectivity index is 1.68. The first kappa shape index (κ1) is 18.7. The number of esters is 1. The fourth-order valence-corrected chi connectivity index (χ4v) is 2.13. The summed E-state index contributed by atoms with van der Waals surface area (Å²) in [5, 5.41) is 3.31. The zero-order valence-electron chi connectivity index (χ0n) is 13.4. The van der Waals surface area contributed by atoms with E-state index in [-0.39, 0.29) is 12.2 Å². The molecular formula is C19H17ClFNO3. The van der Waals surface area contributed by atoms with Crippen LogP contribution in [0.2, 0.25) is 5.02 Å². The van der Waals surface area contributed by atoms with Crippen molar-refractivity contribution >= 4 is 29.6 Å². The third-order valence-corrected chi connectivity index (χ3v) is 3.55. The quantitative estimate of drug-likeness (QED) is 0.607. The van der Waals surface area contributed by atoms with Crippen molar-refractivity contribution in [3.05, 3.63) is 76.6 Å². The number of halogens is 2. The molecule has 0 aliphatic heterocycles. The molecule has 0 aromatic heterocycles. The maximum atomic E-state index is 13.4. The summed E-state index contributed by atoms with van der Waals surface area (Å²) in [6.45, 7) is 0.0319. The molecule has 0 atom stereocenters. The fourth-order valence-electron chi connectivity index (χ4n) is 2.00. The van der Waals surface area contributed by atoms with Crippen LogP contribution in [0, 0.1) is 5.82 Å². The molecule has 130 valence electrons. The normalized spacial score (nSPS) is 10.6. The second-order valence-corrected chi connectivity index (χ2v) is 5.63. The highest BCUT2D eigenvalue weighted by atomic mass is 35.5. The van der Waals surface area contributed by atoms with Gasteiger partial charge in [-0.15, -0.1) is 0 Å². The van der Waals surface area contributed by atoms with E-state index in [1.54, 1.807) is 24.3 Å². The molecule has 0 fully saturated rings. The average Bonchev–Trinajstić information content (AvgIpc) is 2.61. The van der Waals surface area contributed by atoms with Crippen molar-refractivity contribution in [1.82, 2.24) is 5.32 Å². The summed E-state index contributed by atoms with van der Waals surface area (Å²) in [7, 11) is 0. The van der Waals surface area contributed by atoms with Gasteiger partial charge in [-0.25, -0.2) is 9.18 Å². The van der Waals surface area contributed by atoms with Gasteiger partial charge in [0.25, 0.3) is 5.91 Å². The Hall–Kier alpha value is -2.66. The molecule has 2 rings (SSSR count). The molecule has 1 N–H and O–H groups in total. The number of hydrogen-bond acceptors (Lipinski definition) is 3. The predicted octanol–water partition coefficient (Wildman–Crippen LogP) is 3.39. The van der Waals surface area contributed by atoms with Crippen LogP contribution in [0.3, 0.4) is 0 Å². The number of carbonyl (C=O) groups is 2. The van der Waals surface area contributed by atoms with Crippen LogP contribution in [0.25, 0.3) is 6.08 Å². The lowest BCUT2D eigenvalue weighted by molar-refractivity contribution is -0.143. The van der Waals surface area contributed by atoms with Crippen molar-refractivity contribution in [2.75, 3.05) is 13.2 Å². The van der Waals surface area contributed by atoms with Gasteiger partial charge in [0.1, 0.15) is 5.82 Å². The highest BCUT2D eigenvalue weighted by Gasteiger charge is 2.05. The molecule has 0 aliphatic carbocycles. The first-order valence-corrected chi connectivity index (χ1v) is 8.03. The largest absolute Gasteiger partial charge is 0.452 e. The predicted molar refractivity (Wildman–Crippen MR) is 94.6 cm³/mol. The van der Waals surface area contributed by atoms with Crippen LogP contribution in [0.4, 0.5) is 4.39 Å². The standard InChI is InChI=1S/C19H17ClFNO3/c20-16-8-5-14(6-9-16)11-12-22-18(23)13-25-19(24)10-7-15-3-1-2-4-17(15)21/h1-10H,11-13H2,(H,22,23)/b10-7+. The zero-order chi connectivity index (χ0) is 18.1. The molecule has 0 aliphatic rings. The molecule has 1 amide bonds. The number of rotatable bonds is 7. The van der Waals surface area contributed by atoms with Gasteiger partial charge in [-0.3, -0.25) is 4.79 Å². The molecule has 2 aromatic carbocycles. The molecule has 25 heavy (non-hydrogen) atoms. The smallest absolute Gasteiger partial charge is 0.331 e. The molecule has 0 radical (unpaired) electrons. The zero-order valence-corrected chi connectivity index (χ0v) is 14.1. The molecule has 2 aromatic rings. The van der Waals surface area contributed by atoms with Crippen molar-refractivity contribution in [3.8, 4) is 0 Å². The molecule has 0 saturated carbocycles. The van der Waals surface area contributed by atoms with Crippen LogP contribution in [0.1, 0.15) is 11.1 Å². The van der Waals surface area contributed by atoms with E-state index < -0.39 is 17.7 Å². The second-order valence-electron chi connectivity index (χ2n) is 5.19. The van der Waals surface area contributed by atoms with Crippen LogP contribution >= 0.6 is 11.6 Å². The van der Waals surface area contributed by atoms with E-state index in [9.17, 15) is 14.0 Å². The lowest BCUT2D eigenvalue weighted by atomic mass is 10.1. The van der Waals surface area contributed by atoms with E-state index in [4.69, 9.17) is 16.3 Å². The van der Waals surface area contributed by atoms with Crippen molar-refractivity contribution in [3.63, 3.8) is 0 Å². The van der Waals surface area contributed by atoms with Crippen LogP contribution in [-0.4, -0.2) is 25.0 Å². The molecule has 0 unspecified atom stereocenters. The Kier molecular flexibility index (Phi) is 7.16. The maximum absolute atomic E-state index is 13.4. The van der Waals surface area contributed by atoms with Gasteiger partial charge in [0, 0.05) is 23.2 Å². The summed E-state index contributed by atoms with van der Waals surface area (Å²) in [6, 6.07) is 13.3. The third kappa shape index (κ3) is 6.77. The number of nitrogens with one attached hydrogen (secondary N) is 1. The number of ether oxygens (including phenoxy) is 1. The van der Waals surface area contributed by atoms with Crippen LogP contribution in [0.5, 0.6) is 0 Å². The topological polar surface area (TPSA) is 55.4 Å². The van der Waals surface area contributed by atoms with Gasteiger partial charge in [-0.05, 0) is 36.3 Å². The van der Waals surface area contributed by atoms with Gasteiger partial charge < -0.3 is 10.1 Å². The lowest BCUT2D eigenvalue weighted by Gasteiger charge is -2.05. The van der Waals surface area contributed by atoms with E-state index in [0.717, 1.165) is 11.6 Å². The van der Waals surface area contributed by atoms with E-state index >= 15 is 0 Å². The molecule has 6 heteroatoms. The van der Waals surface area contributed by atoms with E-state index in [0.29, 0.717) is 18.0 Å². The molecule has 0 heterocycles. The number of amides is 1. The fraction of sp³-hybridized carbons (Fsp3) is 0.158. The van der Waals surface area contributed by atoms with Gasteiger partial charge in [0.05, 0.1) is 0 Å². The van der Waals surface area contributed by atoms with Crippen molar-refractivity contribution in [2.24, 2.45) is 0 Å².